The van der Waals surface area contributed by atoms with Crippen LogP contribution in [0.1, 0.15) is 6.23 Å². The molecular formula is C10H15KN5O10P2+. The number of nitrogens with two attached hydrogens (primary N) is 1. The van der Waals surface area contributed by atoms with Crippen molar-refractivity contribution in [3.05, 3.63) is 12.7 Å². The van der Waals surface area contributed by atoms with E-state index < -0.39 is 46.8 Å². The summed E-state index contributed by atoms with van der Waals surface area (Å²) in [5, 5.41) is 20.3. The molecule has 2 aromatic heterocycles. The van der Waals surface area contributed by atoms with E-state index in [4.69, 9.17) is 20.3 Å². The number of hydrogen-bond donors (Lipinski definition) is 6. The van der Waals surface area contributed by atoms with Gasteiger partial charge in [0.1, 0.15) is 30.2 Å². The van der Waals surface area contributed by atoms with E-state index in [1.807, 2.05) is 0 Å². The molecule has 0 radical (unpaired) electrons. The third-order valence-electron chi connectivity index (χ3n) is 3.61. The molecule has 15 nitrogen and oxygen atoms in total. The van der Waals surface area contributed by atoms with Gasteiger partial charge in [0, 0.05) is 0 Å². The van der Waals surface area contributed by atoms with Gasteiger partial charge in [0.2, 0.25) is 0 Å². The van der Waals surface area contributed by atoms with E-state index in [0.717, 1.165) is 6.33 Å². The summed E-state index contributed by atoms with van der Waals surface area (Å²) >= 11 is 0. The first-order valence-corrected chi connectivity index (χ1v) is 10.2. The van der Waals surface area contributed by atoms with Gasteiger partial charge >= 0.3 is 67.0 Å². The number of anilines is 1. The maximum atomic E-state index is 11.5. The van der Waals surface area contributed by atoms with E-state index in [-0.39, 0.29) is 68.4 Å². The Morgan fingerprint density at radius 2 is 1.86 bits per heavy atom. The molecule has 0 bridgehead atoms. The van der Waals surface area contributed by atoms with Crippen LogP contribution in [-0.4, -0.2) is 69.3 Å². The number of phosphoric acid groups is 2. The predicted molar refractivity (Wildman–Crippen MR) is 84.6 cm³/mol. The maximum absolute atomic E-state index is 11.5. The quantitative estimate of drug-likeness (QED) is 0.173. The van der Waals surface area contributed by atoms with Crippen LogP contribution in [0.4, 0.5) is 5.82 Å². The van der Waals surface area contributed by atoms with Crippen LogP contribution < -0.4 is 57.1 Å². The molecule has 0 aliphatic carbocycles. The van der Waals surface area contributed by atoms with Crippen molar-refractivity contribution in [2.75, 3.05) is 12.3 Å². The molecule has 28 heavy (non-hydrogen) atoms. The van der Waals surface area contributed by atoms with Crippen LogP contribution in [0, 0.1) is 0 Å². The minimum atomic E-state index is -5.29. The van der Waals surface area contributed by atoms with Gasteiger partial charge < -0.3 is 35.4 Å². The van der Waals surface area contributed by atoms with E-state index in [1.165, 1.54) is 10.9 Å². The van der Waals surface area contributed by atoms with Crippen molar-refractivity contribution >= 4 is 32.6 Å². The Morgan fingerprint density at radius 1 is 1.18 bits per heavy atom. The van der Waals surface area contributed by atoms with E-state index in [1.54, 1.807) is 0 Å². The number of aliphatic hydroxyl groups is 2. The molecule has 7 N–H and O–H groups in total. The fraction of sp³-hybridized carbons (Fsp3) is 0.500. The normalized spacial score (nSPS) is 27.5. The molecule has 150 valence electrons. The fourth-order valence-corrected chi connectivity index (χ4v) is 4.08. The summed E-state index contributed by atoms with van der Waals surface area (Å²) in [7, 11) is -10.4. The first-order valence-electron chi connectivity index (χ1n) is 7.17. The monoisotopic (exact) mass is 466 g/mol. The van der Waals surface area contributed by atoms with Gasteiger partial charge in [-0.1, -0.05) is 0 Å². The number of nitrogens with zero attached hydrogens (tertiary/aromatic N) is 4. The van der Waals surface area contributed by atoms with Crippen LogP contribution in [0.3, 0.4) is 0 Å². The Hall–Kier alpha value is 0.126. The van der Waals surface area contributed by atoms with Crippen molar-refractivity contribution in [3.8, 4) is 0 Å². The number of rotatable bonds is 6. The van der Waals surface area contributed by atoms with E-state index >= 15 is 0 Å². The van der Waals surface area contributed by atoms with Gasteiger partial charge in [-0.2, -0.15) is 4.31 Å². The Labute approximate surface area is 199 Å². The molecule has 0 aromatic carbocycles. The summed E-state index contributed by atoms with van der Waals surface area (Å²) in [6.07, 6.45) is -3.20. The number of imidazole rings is 1. The summed E-state index contributed by atoms with van der Waals surface area (Å²) in [5.41, 5.74) is 6.11. The van der Waals surface area contributed by atoms with E-state index in [0.29, 0.717) is 0 Å². The number of hydrogen-bond acceptors (Lipinski definition) is 11. The minimum Gasteiger partial charge on any atom is -0.387 e. The Balaban J connectivity index is 0.00000280. The van der Waals surface area contributed by atoms with E-state index in [9.17, 15) is 24.2 Å². The van der Waals surface area contributed by atoms with Crippen molar-refractivity contribution in [2.24, 2.45) is 0 Å². The molecule has 0 spiro atoms. The molecule has 1 aliphatic heterocycles. The van der Waals surface area contributed by atoms with Gasteiger partial charge in [0.15, 0.2) is 17.7 Å². The van der Waals surface area contributed by atoms with Gasteiger partial charge in [0.05, 0.1) is 12.9 Å². The van der Waals surface area contributed by atoms with Crippen LogP contribution in [0.25, 0.3) is 11.2 Å². The first-order chi connectivity index (χ1) is 12.5. The first kappa shape index (κ1) is 24.4. The zero-order valence-corrected chi connectivity index (χ0v) is 19.1. The summed E-state index contributed by atoms with van der Waals surface area (Å²) in [5.74, 6) is 0.0856. The molecule has 1 aliphatic rings. The Morgan fingerprint density at radius 3 is 2.50 bits per heavy atom. The predicted octanol–water partition coefficient (Wildman–Crippen LogP) is -4.74. The van der Waals surface area contributed by atoms with Gasteiger partial charge in [0.25, 0.3) is 0 Å². The molecule has 0 amide bonds. The van der Waals surface area contributed by atoms with Crippen LogP contribution in [0.15, 0.2) is 12.7 Å². The topological polar surface area (TPSA) is 233 Å². The second kappa shape index (κ2) is 9.09. The summed E-state index contributed by atoms with van der Waals surface area (Å²) in [6, 6.07) is 0. The van der Waals surface area contributed by atoms with Gasteiger partial charge in [-0.25, -0.2) is 24.1 Å². The van der Waals surface area contributed by atoms with Gasteiger partial charge in [-0.3, -0.25) is 9.09 Å². The van der Waals surface area contributed by atoms with Crippen molar-refractivity contribution in [2.45, 2.75) is 24.5 Å². The smallest absolute Gasteiger partial charge is 0.387 e. The third kappa shape index (κ3) is 5.43. The van der Waals surface area contributed by atoms with Crippen molar-refractivity contribution < 1.29 is 99.0 Å². The molecule has 18 heteroatoms. The van der Waals surface area contributed by atoms with Gasteiger partial charge in [-0.15, -0.1) is 0 Å². The number of aromatic nitrogens is 4. The Kier molecular flexibility index (Phi) is 7.92. The zero-order chi connectivity index (χ0) is 20.0. The van der Waals surface area contributed by atoms with Crippen LogP contribution in [0.2, 0.25) is 0 Å². The number of fused-ring (bicyclic) bond motifs is 1. The second-order valence-electron chi connectivity index (χ2n) is 5.47. The SMILES string of the molecule is Nc1ncnc2c1ncn2C1O[C@H](COP(=O)(O)OP(=O)(O)O)[C@@H](O)[C@H]1O.[K+]. The van der Waals surface area contributed by atoms with Crippen molar-refractivity contribution in [1.29, 1.82) is 0 Å². The third-order valence-corrected chi connectivity index (χ3v) is 5.76. The molecule has 1 saturated heterocycles. The van der Waals surface area contributed by atoms with Crippen LogP contribution >= 0.6 is 15.6 Å². The van der Waals surface area contributed by atoms with E-state index in [2.05, 4.69) is 23.8 Å². The number of ether oxygens (including phenoxy) is 1. The molecule has 2 aromatic rings. The second-order valence-corrected chi connectivity index (χ2v) is 8.30. The molecular weight excluding hydrogens is 451 g/mol. The average molecular weight is 466 g/mol. The fourth-order valence-electron chi connectivity index (χ4n) is 2.48. The Bertz CT molecular complexity index is 938. The van der Waals surface area contributed by atoms with Crippen molar-refractivity contribution in [1.82, 2.24) is 19.5 Å². The summed E-state index contributed by atoms with van der Waals surface area (Å²) < 4.78 is 36.8. The van der Waals surface area contributed by atoms with Crippen molar-refractivity contribution in [3.63, 3.8) is 0 Å². The van der Waals surface area contributed by atoms with Gasteiger partial charge in [-0.05, 0) is 0 Å². The number of nitrogen functional groups attached to an aromatic ring is 1. The molecule has 2 unspecified atom stereocenters. The molecule has 1 fully saturated rings. The summed E-state index contributed by atoms with van der Waals surface area (Å²) in [6.45, 7) is -0.813. The molecule has 5 atom stereocenters. The van der Waals surface area contributed by atoms with Crippen LogP contribution in [0.5, 0.6) is 0 Å². The average Bonchev–Trinajstić information content (AvgIpc) is 3.07. The number of phosphoric ester groups is 1. The van der Waals surface area contributed by atoms with Crippen LogP contribution in [-0.2, 0) is 22.7 Å². The standard InChI is InChI=1S/C10H15N5O10P2.K/c11-8-5-9(13-2-12-8)15(3-14-5)10-7(17)6(16)4(24-10)1-23-27(21,22)25-26(18,19)20;/h2-4,6-7,10,16-17H,1H2,(H,21,22)(H2,11,12,13)(H2,18,19,20);/q;+1/t4-,6-,7-,10?;/m1./s1. The molecule has 0 saturated carbocycles. The number of aliphatic hydroxyl groups excluding tert-OH is 2. The summed E-state index contributed by atoms with van der Waals surface area (Å²) in [4.78, 5) is 38.1. The largest absolute Gasteiger partial charge is 1.00 e. The zero-order valence-electron chi connectivity index (χ0n) is 14.2. The minimum absolute atomic E-state index is 0. The molecule has 3 rings (SSSR count). The maximum Gasteiger partial charge on any atom is 1.00 e. The molecule has 3 heterocycles.